The van der Waals surface area contributed by atoms with E-state index < -0.39 is 0 Å². The zero-order chi connectivity index (χ0) is 19.5. The van der Waals surface area contributed by atoms with Crippen molar-refractivity contribution in [3.8, 4) is 10.6 Å². The number of nitrogens with zero attached hydrogens (tertiary/aromatic N) is 4. The number of carbonyl (C=O) groups excluding carboxylic acids is 1. The van der Waals surface area contributed by atoms with E-state index in [1.54, 1.807) is 29.7 Å². The summed E-state index contributed by atoms with van der Waals surface area (Å²) in [4.78, 5) is 27.1. The topological polar surface area (TPSA) is 87.4 Å². The molecule has 0 spiro atoms. The Morgan fingerprint density at radius 1 is 1.14 bits per heavy atom. The molecule has 3 aromatic rings. The quantitative estimate of drug-likeness (QED) is 0.708. The number of nitrogens with two attached hydrogens (primary N) is 1. The Morgan fingerprint density at radius 3 is 2.64 bits per heavy atom. The van der Waals surface area contributed by atoms with Crippen LogP contribution in [0, 0.1) is 0 Å². The molecule has 28 heavy (non-hydrogen) atoms. The summed E-state index contributed by atoms with van der Waals surface area (Å²) in [5, 5.41) is 4.79. The summed E-state index contributed by atoms with van der Waals surface area (Å²) in [5.74, 6) is 0.973. The monoisotopic (exact) mass is 394 g/mol. The average Bonchev–Trinajstić information content (AvgIpc) is 3.25. The van der Waals surface area contributed by atoms with Gasteiger partial charge in [0.2, 0.25) is 0 Å². The van der Waals surface area contributed by atoms with Gasteiger partial charge in [-0.2, -0.15) is 0 Å². The lowest BCUT2D eigenvalue weighted by Gasteiger charge is -2.33. The molecule has 1 saturated heterocycles. The maximum absolute atomic E-state index is 12.6. The zero-order valence-electron chi connectivity index (χ0n) is 15.6. The minimum atomic E-state index is -0.278. The highest BCUT2D eigenvalue weighted by atomic mass is 32.1. The molecule has 4 rings (SSSR count). The summed E-state index contributed by atoms with van der Waals surface area (Å²) in [6, 6.07) is 11.2. The number of hydrogen-bond donors (Lipinski definition) is 2. The van der Waals surface area contributed by atoms with Crippen molar-refractivity contribution in [3.05, 3.63) is 53.5 Å². The molecule has 0 saturated carbocycles. The molecule has 0 atom stereocenters. The first-order chi connectivity index (χ1) is 13.6. The highest BCUT2D eigenvalue weighted by Gasteiger charge is 2.16. The molecule has 1 fully saturated rings. The molecule has 0 bridgehead atoms. The highest BCUT2D eigenvalue weighted by Crippen LogP contribution is 2.27. The van der Waals surface area contributed by atoms with Gasteiger partial charge in [-0.05, 0) is 42.8 Å². The van der Waals surface area contributed by atoms with E-state index in [1.165, 1.54) is 0 Å². The standard InChI is InChI=1S/C20H22N6OS/c1-25-8-10-26(11-9-25)18-7-4-14(13-22-18)20(27)24-19-15(21)5-6-16(23-19)17-3-2-12-28-17/h2-7,12-13H,8-11,21H2,1H3,(H,23,24,27). The average molecular weight is 395 g/mol. The van der Waals surface area contributed by atoms with Crippen molar-refractivity contribution in [2.75, 3.05) is 49.2 Å². The number of aromatic nitrogens is 2. The smallest absolute Gasteiger partial charge is 0.258 e. The fourth-order valence-corrected chi connectivity index (χ4v) is 3.75. The van der Waals surface area contributed by atoms with E-state index in [-0.39, 0.29) is 5.91 Å². The van der Waals surface area contributed by atoms with E-state index in [0.29, 0.717) is 17.1 Å². The molecule has 0 aliphatic carbocycles. The first-order valence-corrected chi connectivity index (χ1v) is 9.99. The Morgan fingerprint density at radius 2 is 1.96 bits per heavy atom. The molecule has 0 aromatic carbocycles. The molecular weight excluding hydrogens is 372 g/mol. The van der Waals surface area contributed by atoms with Crippen molar-refractivity contribution < 1.29 is 4.79 Å². The largest absolute Gasteiger partial charge is 0.396 e. The molecule has 3 aromatic heterocycles. The third kappa shape index (κ3) is 3.97. The van der Waals surface area contributed by atoms with Gasteiger partial charge < -0.3 is 20.9 Å². The number of likely N-dealkylation sites (N-methyl/N-ethyl adjacent to an activating group) is 1. The molecule has 8 heteroatoms. The molecule has 0 radical (unpaired) electrons. The second kappa shape index (κ2) is 7.95. The van der Waals surface area contributed by atoms with Crippen LogP contribution >= 0.6 is 11.3 Å². The van der Waals surface area contributed by atoms with Crippen LogP contribution < -0.4 is 16.0 Å². The van der Waals surface area contributed by atoms with Gasteiger partial charge in [-0.15, -0.1) is 11.3 Å². The lowest BCUT2D eigenvalue weighted by Crippen LogP contribution is -2.44. The molecule has 7 nitrogen and oxygen atoms in total. The number of anilines is 3. The second-order valence-corrected chi connectivity index (χ2v) is 7.71. The van der Waals surface area contributed by atoms with Crippen LogP contribution in [0.5, 0.6) is 0 Å². The zero-order valence-corrected chi connectivity index (χ0v) is 16.4. The van der Waals surface area contributed by atoms with Crippen LogP contribution in [-0.2, 0) is 0 Å². The van der Waals surface area contributed by atoms with Crippen LogP contribution in [-0.4, -0.2) is 54.0 Å². The third-order valence-corrected chi connectivity index (χ3v) is 5.66. The van der Waals surface area contributed by atoms with Crippen LogP contribution in [0.15, 0.2) is 48.0 Å². The lowest BCUT2D eigenvalue weighted by atomic mass is 10.2. The number of thiophene rings is 1. The fourth-order valence-electron chi connectivity index (χ4n) is 3.05. The first-order valence-electron chi connectivity index (χ1n) is 9.11. The Labute approximate surface area is 167 Å². The van der Waals surface area contributed by atoms with Gasteiger partial charge >= 0.3 is 0 Å². The van der Waals surface area contributed by atoms with Crippen molar-refractivity contribution in [1.29, 1.82) is 0 Å². The summed E-state index contributed by atoms with van der Waals surface area (Å²) < 4.78 is 0. The number of hydrogen-bond acceptors (Lipinski definition) is 7. The minimum Gasteiger partial charge on any atom is -0.396 e. The summed E-state index contributed by atoms with van der Waals surface area (Å²) in [6.07, 6.45) is 1.60. The van der Waals surface area contributed by atoms with E-state index in [2.05, 4.69) is 32.1 Å². The number of nitrogens with one attached hydrogen (secondary N) is 1. The van der Waals surface area contributed by atoms with Crippen molar-refractivity contribution in [1.82, 2.24) is 14.9 Å². The molecule has 0 unspecified atom stereocenters. The number of nitrogen functional groups attached to an aromatic ring is 1. The van der Waals surface area contributed by atoms with Gasteiger partial charge in [0.05, 0.1) is 21.8 Å². The van der Waals surface area contributed by atoms with Gasteiger partial charge in [-0.1, -0.05) is 6.07 Å². The fraction of sp³-hybridized carbons (Fsp3) is 0.250. The Hall–Kier alpha value is -2.97. The lowest BCUT2D eigenvalue weighted by molar-refractivity contribution is 0.102. The summed E-state index contributed by atoms with van der Waals surface area (Å²) in [5.41, 5.74) is 7.68. The van der Waals surface area contributed by atoms with E-state index in [9.17, 15) is 4.79 Å². The SMILES string of the molecule is CN1CCN(c2ccc(C(=O)Nc3nc(-c4cccs4)ccc3N)cn2)CC1. The number of rotatable bonds is 4. The molecule has 1 aliphatic heterocycles. The maximum Gasteiger partial charge on any atom is 0.258 e. The molecule has 144 valence electrons. The summed E-state index contributed by atoms with van der Waals surface area (Å²) >= 11 is 1.59. The maximum atomic E-state index is 12.6. The van der Waals surface area contributed by atoms with Crippen molar-refractivity contribution >= 4 is 34.6 Å². The van der Waals surface area contributed by atoms with Crippen LogP contribution in [0.1, 0.15) is 10.4 Å². The summed E-state index contributed by atoms with van der Waals surface area (Å²) in [7, 11) is 2.12. The van der Waals surface area contributed by atoms with E-state index in [4.69, 9.17) is 5.73 Å². The van der Waals surface area contributed by atoms with Gasteiger partial charge in [-0.3, -0.25) is 4.79 Å². The van der Waals surface area contributed by atoms with E-state index in [0.717, 1.165) is 42.6 Å². The van der Waals surface area contributed by atoms with Crippen LogP contribution in [0.3, 0.4) is 0 Å². The van der Waals surface area contributed by atoms with E-state index >= 15 is 0 Å². The van der Waals surface area contributed by atoms with Gasteiger partial charge in [0.25, 0.3) is 5.91 Å². The normalized spacial score (nSPS) is 14.8. The number of carbonyl (C=O) groups is 1. The molecule has 1 amide bonds. The Balaban J connectivity index is 1.47. The predicted octanol–water partition coefficient (Wildman–Crippen LogP) is 2.79. The van der Waals surface area contributed by atoms with Crippen LogP contribution in [0.4, 0.5) is 17.3 Å². The van der Waals surface area contributed by atoms with Gasteiger partial charge in [0.15, 0.2) is 5.82 Å². The van der Waals surface area contributed by atoms with Crippen LogP contribution in [0.2, 0.25) is 0 Å². The predicted molar refractivity (Wildman–Crippen MR) is 114 cm³/mol. The second-order valence-electron chi connectivity index (χ2n) is 6.76. The third-order valence-electron chi connectivity index (χ3n) is 4.77. The number of piperazine rings is 1. The van der Waals surface area contributed by atoms with Crippen molar-refractivity contribution in [2.24, 2.45) is 0 Å². The summed E-state index contributed by atoms with van der Waals surface area (Å²) in [6.45, 7) is 3.89. The van der Waals surface area contributed by atoms with Crippen molar-refractivity contribution in [2.45, 2.75) is 0 Å². The highest BCUT2D eigenvalue weighted by molar-refractivity contribution is 7.13. The van der Waals surface area contributed by atoms with Gasteiger partial charge in [-0.25, -0.2) is 9.97 Å². The Kier molecular flexibility index (Phi) is 5.23. The first kappa shape index (κ1) is 18.4. The molecule has 3 N–H and O–H groups in total. The van der Waals surface area contributed by atoms with Crippen molar-refractivity contribution in [3.63, 3.8) is 0 Å². The molecule has 1 aliphatic rings. The van der Waals surface area contributed by atoms with Gasteiger partial charge in [0.1, 0.15) is 5.82 Å². The Bertz CT molecular complexity index is 949. The van der Waals surface area contributed by atoms with Gasteiger partial charge in [0, 0.05) is 32.4 Å². The number of pyridine rings is 2. The number of amides is 1. The minimum absolute atomic E-state index is 0.278. The van der Waals surface area contributed by atoms with E-state index in [1.807, 2.05) is 29.6 Å². The molecular formula is C20H22N6OS. The molecule has 4 heterocycles. The van der Waals surface area contributed by atoms with Crippen LogP contribution in [0.25, 0.3) is 10.6 Å².